The largest absolute Gasteiger partial charge is 0.352 e. The number of hydrogen-bond acceptors (Lipinski definition) is 3. The SMILES string of the molecule is CCNC(=O)c1ccc(N2CCCS2(=O)=O)cc1. The van der Waals surface area contributed by atoms with Crippen molar-refractivity contribution in [2.75, 3.05) is 23.1 Å². The van der Waals surface area contributed by atoms with E-state index in [0.717, 1.165) is 0 Å². The van der Waals surface area contributed by atoms with Gasteiger partial charge in [0.25, 0.3) is 5.91 Å². The fourth-order valence-corrected chi connectivity index (χ4v) is 3.54. The Morgan fingerprint density at radius 2 is 2.00 bits per heavy atom. The van der Waals surface area contributed by atoms with Crippen molar-refractivity contribution < 1.29 is 13.2 Å². The summed E-state index contributed by atoms with van der Waals surface area (Å²) in [5, 5.41) is 2.70. The van der Waals surface area contributed by atoms with Crippen molar-refractivity contribution in [3.05, 3.63) is 29.8 Å². The van der Waals surface area contributed by atoms with Crippen LogP contribution in [0.1, 0.15) is 23.7 Å². The second-order valence-electron chi connectivity index (χ2n) is 4.15. The molecule has 1 aliphatic heterocycles. The van der Waals surface area contributed by atoms with Gasteiger partial charge in [-0.25, -0.2) is 8.42 Å². The summed E-state index contributed by atoms with van der Waals surface area (Å²) in [4.78, 5) is 11.6. The minimum Gasteiger partial charge on any atom is -0.352 e. The van der Waals surface area contributed by atoms with Gasteiger partial charge in [-0.1, -0.05) is 0 Å². The van der Waals surface area contributed by atoms with E-state index in [0.29, 0.717) is 30.8 Å². The summed E-state index contributed by atoms with van der Waals surface area (Å²) in [6.45, 7) is 2.94. The molecule has 6 heteroatoms. The van der Waals surface area contributed by atoms with Crippen molar-refractivity contribution in [3.8, 4) is 0 Å². The van der Waals surface area contributed by atoms with Gasteiger partial charge < -0.3 is 5.32 Å². The Kier molecular flexibility index (Phi) is 3.56. The lowest BCUT2D eigenvalue weighted by molar-refractivity contribution is 0.0956. The van der Waals surface area contributed by atoms with E-state index in [9.17, 15) is 13.2 Å². The molecule has 0 unspecified atom stereocenters. The fourth-order valence-electron chi connectivity index (χ4n) is 1.97. The molecular weight excluding hydrogens is 252 g/mol. The van der Waals surface area contributed by atoms with Gasteiger partial charge >= 0.3 is 0 Å². The van der Waals surface area contributed by atoms with E-state index in [1.54, 1.807) is 24.3 Å². The topological polar surface area (TPSA) is 66.5 Å². The molecule has 0 aliphatic carbocycles. The third-order valence-electron chi connectivity index (χ3n) is 2.85. The average molecular weight is 268 g/mol. The average Bonchev–Trinajstić information content (AvgIpc) is 2.69. The first kappa shape index (κ1) is 12.9. The molecule has 1 aromatic carbocycles. The maximum atomic E-state index is 11.7. The van der Waals surface area contributed by atoms with Gasteiger partial charge in [0.1, 0.15) is 0 Å². The Balaban J connectivity index is 2.20. The zero-order valence-electron chi connectivity index (χ0n) is 10.2. The number of rotatable bonds is 3. The first-order valence-electron chi connectivity index (χ1n) is 5.93. The second kappa shape index (κ2) is 4.97. The second-order valence-corrected chi connectivity index (χ2v) is 6.16. The van der Waals surface area contributed by atoms with Gasteiger partial charge in [0.2, 0.25) is 10.0 Å². The molecule has 1 aliphatic rings. The van der Waals surface area contributed by atoms with Gasteiger partial charge in [-0.2, -0.15) is 0 Å². The molecule has 1 fully saturated rings. The first-order valence-corrected chi connectivity index (χ1v) is 7.54. The van der Waals surface area contributed by atoms with E-state index in [2.05, 4.69) is 5.32 Å². The molecule has 0 radical (unpaired) electrons. The highest BCUT2D eigenvalue weighted by Gasteiger charge is 2.28. The monoisotopic (exact) mass is 268 g/mol. The van der Waals surface area contributed by atoms with E-state index in [1.807, 2.05) is 6.92 Å². The van der Waals surface area contributed by atoms with Crippen molar-refractivity contribution in [3.63, 3.8) is 0 Å². The Hall–Kier alpha value is -1.56. The molecule has 98 valence electrons. The lowest BCUT2D eigenvalue weighted by atomic mass is 10.2. The van der Waals surface area contributed by atoms with Crippen LogP contribution in [0.15, 0.2) is 24.3 Å². The van der Waals surface area contributed by atoms with Crippen LogP contribution in [0.25, 0.3) is 0 Å². The van der Waals surface area contributed by atoms with Gasteiger partial charge in [-0.15, -0.1) is 0 Å². The zero-order chi connectivity index (χ0) is 13.2. The van der Waals surface area contributed by atoms with Crippen LogP contribution in [0.3, 0.4) is 0 Å². The number of sulfonamides is 1. The summed E-state index contributed by atoms with van der Waals surface area (Å²) in [6, 6.07) is 6.64. The molecular formula is C12H16N2O3S. The minimum absolute atomic E-state index is 0.145. The van der Waals surface area contributed by atoms with Crippen LogP contribution < -0.4 is 9.62 Å². The molecule has 1 aromatic rings. The molecule has 1 N–H and O–H groups in total. The van der Waals surface area contributed by atoms with Gasteiger partial charge in [0.05, 0.1) is 11.4 Å². The predicted octanol–water partition coefficient (Wildman–Crippen LogP) is 0.976. The van der Waals surface area contributed by atoms with Crippen LogP contribution >= 0.6 is 0 Å². The van der Waals surface area contributed by atoms with Crippen molar-refractivity contribution >= 4 is 21.6 Å². The summed E-state index contributed by atoms with van der Waals surface area (Å²) in [6.07, 6.45) is 0.653. The highest BCUT2D eigenvalue weighted by atomic mass is 32.2. The van der Waals surface area contributed by atoms with Gasteiger partial charge in [0, 0.05) is 18.7 Å². The lowest BCUT2D eigenvalue weighted by Crippen LogP contribution is -2.25. The highest BCUT2D eigenvalue weighted by molar-refractivity contribution is 7.93. The molecule has 0 atom stereocenters. The van der Waals surface area contributed by atoms with Crippen LogP contribution in [0.5, 0.6) is 0 Å². The van der Waals surface area contributed by atoms with Crippen LogP contribution in [-0.2, 0) is 10.0 Å². The van der Waals surface area contributed by atoms with Crippen LogP contribution in [0, 0.1) is 0 Å². The van der Waals surface area contributed by atoms with Crippen molar-refractivity contribution in [1.82, 2.24) is 5.32 Å². The van der Waals surface area contributed by atoms with Crippen LogP contribution in [0.2, 0.25) is 0 Å². The lowest BCUT2D eigenvalue weighted by Gasteiger charge is -2.16. The number of carbonyl (C=O) groups excluding carboxylic acids is 1. The number of hydrogen-bond donors (Lipinski definition) is 1. The number of nitrogens with zero attached hydrogens (tertiary/aromatic N) is 1. The summed E-state index contributed by atoms with van der Waals surface area (Å²) in [7, 11) is -3.15. The summed E-state index contributed by atoms with van der Waals surface area (Å²) in [5.74, 6) is 0.0544. The van der Waals surface area contributed by atoms with Crippen molar-refractivity contribution in [2.24, 2.45) is 0 Å². The highest BCUT2D eigenvalue weighted by Crippen LogP contribution is 2.24. The molecule has 0 bridgehead atoms. The third-order valence-corrected chi connectivity index (χ3v) is 4.72. The Morgan fingerprint density at radius 3 is 2.50 bits per heavy atom. The van der Waals surface area contributed by atoms with Gasteiger partial charge in [0.15, 0.2) is 0 Å². The van der Waals surface area contributed by atoms with E-state index in [4.69, 9.17) is 0 Å². The fraction of sp³-hybridized carbons (Fsp3) is 0.417. The zero-order valence-corrected chi connectivity index (χ0v) is 11.0. The standard InChI is InChI=1S/C12H16N2O3S/c1-2-13-12(15)10-4-6-11(7-5-10)14-8-3-9-18(14,16)17/h4-7H,2-3,8-9H2,1H3,(H,13,15). The molecule has 18 heavy (non-hydrogen) atoms. The van der Waals surface area contributed by atoms with Gasteiger partial charge in [-0.05, 0) is 37.6 Å². The Bertz CT molecular complexity index is 537. The third kappa shape index (κ3) is 2.48. The molecule has 0 aromatic heterocycles. The van der Waals surface area contributed by atoms with Crippen molar-refractivity contribution in [2.45, 2.75) is 13.3 Å². The molecule has 2 rings (SSSR count). The quantitative estimate of drug-likeness (QED) is 0.888. The maximum Gasteiger partial charge on any atom is 0.251 e. The number of amides is 1. The molecule has 1 saturated heterocycles. The van der Waals surface area contributed by atoms with E-state index in [1.165, 1.54) is 4.31 Å². The Morgan fingerprint density at radius 1 is 1.33 bits per heavy atom. The molecule has 0 spiro atoms. The Labute approximate surface area is 107 Å². The number of nitrogens with one attached hydrogen (secondary N) is 1. The summed E-state index contributed by atoms with van der Waals surface area (Å²) in [5.41, 5.74) is 1.16. The molecule has 1 amide bonds. The number of carbonyl (C=O) groups is 1. The molecule has 0 saturated carbocycles. The van der Waals surface area contributed by atoms with E-state index >= 15 is 0 Å². The normalized spacial score (nSPS) is 17.7. The molecule has 1 heterocycles. The van der Waals surface area contributed by atoms with Crippen molar-refractivity contribution in [1.29, 1.82) is 0 Å². The van der Waals surface area contributed by atoms with Crippen LogP contribution in [-0.4, -0.2) is 33.2 Å². The summed E-state index contributed by atoms with van der Waals surface area (Å²) >= 11 is 0. The number of benzene rings is 1. The minimum atomic E-state index is -3.15. The maximum absolute atomic E-state index is 11.7. The smallest absolute Gasteiger partial charge is 0.251 e. The van der Waals surface area contributed by atoms with E-state index < -0.39 is 10.0 Å². The van der Waals surface area contributed by atoms with E-state index in [-0.39, 0.29) is 11.7 Å². The van der Waals surface area contributed by atoms with Gasteiger partial charge in [-0.3, -0.25) is 9.10 Å². The predicted molar refractivity (Wildman–Crippen MR) is 70.2 cm³/mol. The number of anilines is 1. The first-order chi connectivity index (χ1) is 8.54. The van der Waals surface area contributed by atoms with Crippen LogP contribution in [0.4, 0.5) is 5.69 Å². The summed E-state index contributed by atoms with van der Waals surface area (Å²) < 4.78 is 24.9. The molecule has 5 nitrogen and oxygen atoms in total.